The summed E-state index contributed by atoms with van der Waals surface area (Å²) in [6, 6.07) is 0. The molecule has 0 bridgehead atoms. The number of hydrogen-bond acceptors (Lipinski definition) is 1. The van der Waals surface area contributed by atoms with E-state index >= 15 is 0 Å². The van der Waals surface area contributed by atoms with Gasteiger partial charge in [-0.15, -0.1) is 0 Å². The van der Waals surface area contributed by atoms with E-state index in [-0.39, 0.29) is 0 Å². The highest BCUT2D eigenvalue weighted by molar-refractivity contribution is 6.38. The van der Waals surface area contributed by atoms with Crippen molar-refractivity contribution >= 4 is 15.7 Å². The Bertz CT molecular complexity index is 48.1. The zero-order chi connectivity index (χ0) is 5.91. The molecule has 0 aliphatic carbocycles. The molecule has 0 aromatic rings. The van der Waals surface area contributed by atoms with Crippen LogP contribution >= 0.6 is 0 Å². The number of rotatable bonds is 2. The average molecular weight is 93.7 g/mol. The van der Waals surface area contributed by atoms with Crippen LogP contribution in [0, 0.1) is 0 Å². The molecule has 0 aliphatic heterocycles. The second-order valence-corrected chi connectivity index (χ2v) is 1.62. The van der Waals surface area contributed by atoms with E-state index in [4.69, 9.17) is 20.4 Å². The minimum Gasteiger partial charge on any atom is -0.395 e. The van der Waals surface area contributed by atoms with Crippen LogP contribution in [0.4, 0.5) is 0 Å². The third-order valence-electron chi connectivity index (χ3n) is 0.455. The Morgan fingerprint density at radius 1 is 1.57 bits per heavy atom. The predicted octanol–water partition coefficient (Wildman–Crippen LogP) is 0.0336. The fourth-order valence-electron chi connectivity index (χ4n) is 0.311. The van der Waals surface area contributed by atoms with E-state index in [9.17, 15) is 0 Å². The quantitative estimate of drug-likeness (QED) is 0.438. The van der Waals surface area contributed by atoms with Crippen molar-refractivity contribution in [3.8, 4) is 0 Å². The van der Waals surface area contributed by atoms with Crippen molar-refractivity contribution in [2.75, 3.05) is 6.61 Å². The highest BCUT2D eigenvalue weighted by Gasteiger charge is 2.05. The molecule has 0 heterocycles. The van der Waals surface area contributed by atoms with Gasteiger partial charge in [0.15, 0.2) is 0 Å². The summed E-state index contributed by atoms with van der Waals surface area (Å²) in [5.74, 6) is 0. The molecule has 7 heavy (non-hydrogen) atoms. The Hall–Kier alpha value is 0.0899. The summed E-state index contributed by atoms with van der Waals surface area (Å²) in [5, 5.41) is -0.950. The lowest BCUT2D eigenvalue weighted by Gasteiger charge is -2.18. The standard InChI is InChI=1S/C4H8B2O/c1-3-7-4(2,5)6/h3H2,1-2H3. The lowest BCUT2D eigenvalue weighted by Crippen LogP contribution is -2.28. The van der Waals surface area contributed by atoms with Crippen molar-refractivity contribution in [1.29, 1.82) is 0 Å². The fraction of sp³-hybridized carbons (Fsp3) is 1.00. The molecule has 3 heteroatoms. The first-order valence-electron chi connectivity index (χ1n) is 2.28. The molecule has 0 unspecified atom stereocenters. The van der Waals surface area contributed by atoms with Crippen molar-refractivity contribution in [2.45, 2.75) is 19.2 Å². The van der Waals surface area contributed by atoms with Crippen LogP contribution in [-0.2, 0) is 4.74 Å². The maximum absolute atomic E-state index is 5.20. The van der Waals surface area contributed by atoms with Crippen molar-refractivity contribution in [1.82, 2.24) is 0 Å². The fourth-order valence-corrected chi connectivity index (χ4v) is 0.311. The van der Waals surface area contributed by atoms with Crippen LogP contribution in [0.3, 0.4) is 0 Å². The Kier molecular flexibility index (Phi) is 2.44. The zero-order valence-corrected chi connectivity index (χ0v) is 4.77. The van der Waals surface area contributed by atoms with Gasteiger partial charge in [-0.2, -0.15) is 0 Å². The minimum absolute atomic E-state index is 0.559. The molecule has 0 atom stereocenters. The average Bonchev–Trinajstić information content (AvgIpc) is 1.30. The molecule has 0 amide bonds. The van der Waals surface area contributed by atoms with Crippen LogP contribution in [0.2, 0.25) is 0 Å². The first kappa shape index (κ1) is 7.09. The van der Waals surface area contributed by atoms with Gasteiger partial charge in [-0.1, -0.05) is 6.92 Å². The van der Waals surface area contributed by atoms with Crippen LogP contribution in [0.1, 0.15) is 13.8 Å². The maximum Gasteiger partial charge on any atom is 0.0989 e. The van der Waals surface area contributed by atoms with Gasteiger partial charge in [-0.3, -0.25) is 0 Å². The highest BCUT2D eigenvalue weighted by Crippen LogP contribution is 1.94. The van der Waals surface area contributed by atoms with E-state index in [2.05, 4.69) is 0 Å². The summed E-state index contributed by atoms with van der Waals surface area (Å²) >= 11 is 0. The lowest BCUT2D eigenvalue weighted by molar-refractivity contribution is 0.101. The van der Waals surface area contributed by atoms with Gasteiger partial charge in [-0.05, 0) is 12.3 Å². The molecule has 0 aliphatic rings. The molecule has 0 fully saturated rings. The van der Waals surface area contributed by atoms with Gasteiger partial charge in [0.2, 0.25) is 0 Å². The Morgan fingerprint density at radius 3 is 2.00 bits per heavy atom. The van der Waals surface area contributed by atoms with Gasteiger partial charge in [0.1, 0.15) is 0 Å². The smallest absolute Gasteiger partial charge is 0.0989 e. The molecule has 0 aromatic carbocycles. The normalized spacial score (nSPS) is 11.7. The van der Waals surface area contributed by atoms with Crippen LogP contribution in [-0.4, -0.2) is 27.7 Å². The molecule has 4 radical (unpaired) electrons. The van der Waals surface area contributed by atoms with Gasteiger partial charge in [0.05, 0.1) is 15.7 Å². The van der Waals surface area contributed by atoms with Gasteiger partial charge >= 0.3 is 0 Å². The molecule has 0 saturated carbocycles. The highest BCUT2D eigenvalue weighted by atomic mass is 16.5. The second kappa shape index (κ2) is 2.41. The molecule has 0 spiro atoms. The van der Waals surface area contributed by atoms with Crippen molar-refractivity contribution in [3.63, 3.8) is 0 Å². The molecule has 1 nitrogen and oxygen atoms in total. The number of ether oxygens (including phenoxy) is 1. The van der Waals surface area contributed by atoms with E-state index in [0.717, 1.165) is 0 Å². The van der Waals surface area contributed by atoms with Crippen molar-refractivity contribution < 1.29 is 4.74 Å². The summed E-state index contributed by atoms with van der Waals surface area (Å²) in [4.78, 5) is 0. The largest absolute Gasteiger partial charge is 0.395 e. The summed E-state index contributed by atoms with van der Waals surface area (Å²) in [6.07, 6.45) is 0. The third-order valence-corrected chi connectivity index (χ3v) is 0.455. The van der Waals surface area contributed by atoms with Crippen LogP contribution in [0.15, 0.2) is 0 Å². The third kappa shape index (κ3) is 6.09. The van der Waals surface area contributed by atoms with Crippen molar-refractivity contribution in [2.24, 2.45) is 0 Å². The summed E-state index contributed by atoms with van der Waals surface area (Å²) in [7, 11) is 10.4. The Morgan fingerprint density at radius 2 is 2.00 bits per heavy atom. The first-order chi connectivity index (χ1) is 3.06. The first-order valence-corrected chi connectivity index (χ1v) is 2.28. The Labute approximate surface area is 47.3 Å². The predicted molar refractivity (Wildman–Crippen MR) is 31.5 cm³/mol. The second-order valence-electron chi connectivity index (χ2n) is 1.62. The van der Waals surface area contributed by atoms with Gasteiger partial charge < -0.3 is 4.74 Å². The van der Waals surface area contributed by atoms with Gasteiger partial charge in [0.25, 0.3) is 0 Å². The summed E-state index contributed by atoms with van der Waals surface area (Å²) < 4.78 is 4.78. The van der Waals surface area contributed by atoms with Gasteiger partial charge in [-0.25, -0.2) is 0 Å². The topological polar surface area (TPSA) is 9.23 Å². The molecule has 36 valence electrons. The molecule has 0 saturated heterocycles. The number of hydrogen-bond donors (Lipinski definition) is 0. The summed E-state index contributed by atoms with van der Waals surface area (Å²) in [5.41, 5.74) is 0. The zero-order valence-electron chi connectivity index (χ0n) is 4.77. The molecule has 0 rings (SSSR count). The Balaban J connectivity index is 3.15. The van der Waals surface area contributed by atoms with Crippen LogP contribution in [0.5, 0.6) is 0 Å². The van der Waals surface area contributed by atoms with E-state index in [1.54, 1.807) is 6.92 Å². The SMILES string of the molecule is [B]C([B])(C)OCC. The van der Waals surface area contributed by atoms with Crippen molar-refractivity contribution in [3.05, 3.63) is 0 Å². The van der Waals surface area contributed by atoms with Crippen LogP contribution in [0.25, 0.3) is 0 Å². The summed E-state index contributed by atoms with van der Waals surface area (Å²) in [6.45, 7) is 4.01. The monoisotopic (exact) mass is 94.1 g/mol. The van der Waals surface area contributed by atoms with E-state index in [1.165, 1.54) is 0 Å². The molecule has 0 aromatic heterocycles. The lowest BCUT2D eigenvalue weighted by atomic mass is 9.67. The van der Waals surface area contributed by atoms with Gasteiger partial charge in [0, 0.05) is 6.61 Å². The molecular weight excluding hydrogens is 85.7 g/mol. The molecular formula is C4H8B2O. The minimum atomic E-state index is -0.950. The van der Waals surface area contributed by atoms with Crippen LogP contribution < -0.4 is 0 Å². The van der Waals surface area contributed by atoms with E-state index < -0.39 is 5.40 Å². The van der Waals surface area contributed by atoms with E-state index in [0.29, 0.717) is 6.61 Å². The molecule has 0 N–H and O–H groups in total. The van der Waals surface area contributed by atoms with E-state index in [1.807, 2.05) is 6.92 Å². The maximum atomic E-state index is 5.20.